The Balaban J connectivity index is 1.13. The van der Waals surface area contributed by atoms with E-state index in [-0.39, 0.29) is 44.4 Å². The second kappa shape index (κ2) is 32.6. The van der Waals surface area contributed by atoms with Gasteiger partial charge < -0.3 is 33.3 Å². The number of hydrogen-bond donors (Lipinski definition) is 2. The van der Waals surface area contributed by atoms with E-state index in [4.69, 9.17) is 48.6 Å². The van der Waals surface area contributed by atoms with Gasteiger partial charge in [-0.3, -0.25) is 51.9 Å². The average molecular weight is 1100 g/mol. The highest BCUT2D eigenvalue weighted by Gasteiger charge is 2.51. The van der Waals surface area contributed by atoms with Crippen LogP contribution in [-0.2, 0) is 58.0 Å². The summed E-state index contributed by atoms with van der Waals surface area (Å²) in [6, 6.07) is 4.93. The number of hydrogen-bond acceptors (Lipinski definition) is 16. The van der Waals surface area contributed by atoms with Crippen molar-refractivity contribution in [2.24, 2.45) is 0 Å². The second-order valence-corrected chi connectivity index (χ2v) is 21.6. The molecule has 2 aliphatic heterocycles. The number of H-pyrrole nitrogens is 2. The fraction of sp³-hybridized carbons (Fsp3) is 0.691. The monoisotopic (exact) mass is 1100 g/mol. The number of ether oxygens (including phenoxy) is 6. The maximum Gasteiger partial charge on any atom is 0.475 e. The zero-order valence-corrected chi connectivity index (χ0v) is 46.8. The molecule has 2 fully saturated rings. The highest BCUT2D eigenvalue weighted by molar-refractivity contribution is 7.48. The minimum atomic E-state index is -4.71. The third kappa shape index (κ3) is 19.9. The van der Waals surface area contributed by atoms with Crippen LogP contribution in [0.4, 0.5) is 0 Å². The molecule has 3 unspecified atom stereocenters. The van der Waals surface area contributed by atoms with Crippen LogP contribution in [0.2, 0.25) is 0 Å². The molecule has 0 saturated carbocycles. The molecule has 0 bridgehead atoms. The Morgan fingerprint density at radius 2 is 1.40 bits per heavy atom. The number of carbonyl (C=O) groups excluding carboxylic acids is 2. The molecule has 1 aromatic carbocycles. The number of carbonyl (C=O) groups is 2. The van der Waals surface area contributed by atoms with E-state index < -0.39 is 98.4 Å². The van der Waals surface area contributed by atoms with E-state index in [0.29, 0.717) is 6.61 Å². The van der Waals surface area contributed by atoms with Crippen LogP contribution in [0.25, 0.3) is 4.85 Å². The standard InChI is InChI=1S/C55H82N5O16P/c1-8-10-11-12-13-14-15-16-17-18-19-20-21-22-23-24-30-69-43-33-41(32-38(3)40(43)5)36-70-48(62)25-26-49(63)74-44-34-47(60-35-39(4)52(64)58-55(60)66)73-45(44)37-72-77(67,71-31-28-56-6)76-50-42(9-2)75-53(51(50)68-7)59-29-27-46(61)57-54(59)65/h27,29,32-33,35,42,44-45,47,50-51,53H,8-26,28,30-31,34,36-37H2,1-5,7H3,(H,57,61,65)(H,58,64,66)/t42-,44?,45-,47-,50?,51+,53-,77?/m1/s1. The average Bonchev–Trinajstić information content (AvgIpc) is 4.00. The van der Waals surface area contributed by atoms with Gasteiger partial charge in [0.05, 0.1) is 32.2 Å². The Hall–Kier alpha value is -5.20. The molecule has 2 aliphatic rings. The van der Waals surface area contributed by atoms with Gasteiger partial charge in [0.15, 0.2) is 6.23 Å². The van der Waals surface area contributed by atoms with E-state index in [9.17, 15) is 33.3 Å². The lowest BCUT2D eigenvalue weighted by atomic mass is 10.0. The molecule has 77 heavy (non-hydrogen) atoms. The van der Waals surface area contributed by atoms with E-state index >= 15 is 0 Å². The number of aryl methyl sites for hydroxylation is 2. The molecule has 2 saturated heterocycles. The molecule has 5 rings (SSSR count). The zero-order valence-electron chi connectivity index (χ0n) is 45.9. The van der Waals surface area contributed by atoms with E-state index in [2.05, 4.69) is 21.7 Å². The molecule has 21 nitrogen and oxygen atoms in total. The summed E-state index contributed by atoms with van der Waals surface area (Å²) in [6.07, 6.45) is 14.9. The van der Waals surface area contributed by atoms with Gasteiger partial charge in [0, 0.05) is 37.6 Å². The molecule has 2 N–H and O–H groups in total. The van der Waals surface area contributed by atoms with Gasteiger partial charge in [-0.2, -0.15) is 0 Å². The van der Waals surface area contributed by atoms with Gasteiger partial charge in [0.25, 0.3) is 11.1 Å². The van der Waals surface area contributed by atoms with Crippen LogP contribution in [0.15, 0.2) is 49.8 Å². The van der Waals surface area contributed by atoms with Crippen molar-refractivity contribution in [1.29, 1.82) is 0 Å². The van der Waals surface area contributed by atoms with Crippen LogP contribution in [-0.4, -0.2) is 95.0 Å². The van der Waals surface area contributed by atoms with Gasteiger partial charge in [0.1, 0.15) is 49.6 Å². The van der Waals surface area contributed by atoms with E-state index in [1.807, 2.05) is 26.0 Å². The number of rotatable bonds is 36. The molecule has 0 amide bonds. The number of phosphoric acid groups is 1. The first-order valence-corrected chi connectivity index (χ1v) is 29.0. The summed E-state index contributed by atoms with van der Waals surface area (Å²) in [5.74, 6) is -0.723. The lowest BCUT2D eigenvalue weighted by Crippen LogP contribution is -2.39. The first kappa shape index (κ1) is 62.6. The van der Waals surface area contributed by atoms with Gasteiger partial charge in [-0.05, 0) is 56.4 Å². The predicted octanol–water partition coefficient (Wildman–Crippen LogP) is 9.14. The van der Waals surface area contributed by atoms with Gasteiger partial charge >= 0.3 is 31.1 Å². The first-order valence-electron chi connectivity index (χ1n) is 27.6. The van der Waals surface area contributed by atoms with E-state index in [1.54, 1.807) is 6.92 Å². The molecule has 4 heterocycles. The van der Waals surface area contributed by atoms with Crippen molar-refractivity contribution in [3.8, 4) is 5.75 Å². The van der Waals surface area contributed by atoms with Gasteiger partial charge in [-0.15, -0.1) is 0 Å². The highest BCUT2D eigenvalue weighted by Crippen LogP contribution is 2.54. The Kier molecular flexibility index (Phi) is 26.6. The third-order valence-electron chi connectivity index (χ3n) is 14.0. The van der Waals surface area contributed by atoms with Gasteiger partial charge in [-0.25, -0.2) is 20.7 Å². The molecule has 3 aromatic rings. The molecule has 428 valence electrons. The number of aromatic nitrogens is 4. The number of nitrogens with one attached hydrogen (secondary N) is 2. The minimum absolute atomic E-state index is 0.0429. The van der Waals surface area contributed by atoms with Crippen molar-refractivity contribution < 1.29 is 56.1 Å². The summed E-state index contributed by atoms with van der Waals surface area (Å²) in [4.78, 5) is 83.9. The number of benzene rings is 1. The maximum absolute atomic E-state index is 14.5. The fourth-order valence-corrected chi connectivity index (χ4v) is 10.8. The van der Waals surface area contributed by atoms with E-state index in [1.165, 1.54) is 116 Å². The predicted molar refractivity (Wildman–Crippen MR) is 287 cm³/mol. The quantitative estimate of drug-likeness (QED) is 0.0238. The molecular formula is C55H82N5O16P. The second-order valence-electron chi connectivity index (χ2n) is 19.9. The van der Waals surface area contributed by atoms with Crippen molar-refractivity contribution in [3.63, 3.8) is 0 Å². The number of aromatic amines is 2. The highest BCUT2D eigenvalue weighted by atomic mass is 31.2. The van der Waals surface area contributed by atoms with E-state index in [0.717, 1.165) is 50.5 Å². The SMILES string of the molecule is [C-]#[N+]CCOP(=O)(OC[C@H]1O[C@@H](n2cc(C)c(=O)[nH]c2=O)CC1OC(=O)CCC(=O)OCc1cc(C)c(C)c(OCCCCCCCCCCCCCCCCCC)c1)OC1[C@@H](CC)O[C@@H](n2ccc(=O)[nH]c2=O)[C@H]1OC. The van der Waals surface area contributed by atoms with Crippen LogP contribution in [0.3, 0.4) is 0 Å². The van der Waals surface area contributed by atoms with Crippen molar-refractivity contribution >= 4 is 19.8 Å². The largest absolute Gasteiger partial charge is 0.493 e. The van der Waals surface area contributed by atoms with Crippen molar-refractivity contribution in [2.75, 3.05) is 33.5 Å². The molecule has 8 atom stereocenters. The normalized spacial score (nSPS) is 20.9. The Morgan fingerprint density at radius 1 is 0.766 bits per heavy atom. The third-order valence-corrected chi connectivity index (χ3v) is 15.4. The Morgan fingerprint density at radius 3 is 2.03 bits per heavy atom. The van der Waals surface area contributed by atoms with Crippen molar-refractivity contribution in [2.45, 2.75) is 213 Å². The lowest BCUT2D eigenvalue weighted by Gasteiger charge is -2.28. The van der Waals surface area contributed by atoms with Crippen LogP contribution in [0.1, 0.15) is 177 Å². The summed E-state index contributed by atoms with van der Waals surface area (Å²) < 4.78 is 69.8. The molecule has 0 aliphatic carbocycles. The summed E-state index contributed by atoms with van der Waals surface area (Å²) in [7, 11) is -3.39. The van der Waals surface area contributed by atoms with Crippen LogP contribution in [0.5, 0.6) is 5.75 Å². The topological polar surface area (TPSA) is 248 Å². The Labute approximate surface area is 451 Å². The molecule has 0 radical (unpaired) electrons. The molecular weight excluding hydrogens is 1020 g/mol. The maximum atomic E-state index is 14.5. The lowest BCUT2D eigenvalue weighted by molar-refractivity contribution is -0.157. The summed E-state index contributed by atoms with van der Waals surface area (Å²) >= 11 is 0. The number of nitrogens with zero attached hydrogens (tertiary/aromatic N) is 3. The number of unbranched alkanes of at least 4 members (excludes halogenated alkanes) is 15. The van der Waals surface area contributed by atoms with Crippen LogP contribution in [0, 0.1) is 27.3 Å². The Bertz CT molecular complexity index is 2660. The van der Waals surface area contributed by atoms with Crippen LogP contribution >= 0.6 is 7.82 Å². The fourth-order valence-electron chi connectivity index (χ4n) is 9.45. The van der Waals surface area contributed by atoms with Gasteiger partial charge in [0.2, 0.25) is 6.54 Å². The number of phosphoric ester groups is 1. The van der Waals surface area contributed by atoms with Gasteiger partial charge in [-0.1, -0.05) is 116 Å². The van der Waals surface area contributed by atoms with Crippen molar-refractivity contribution in [1.82, 2.24) is 19.1 Å². The first-order chi connectivity index (χ1) is 37.1. The molecule has 0 spiro atoms. The smallest absolute Gasteiger partial charge is 0.475 e. The number of methoxy groups -OCH3 is 1. The zero-order chi connectivity index (χ0) is 55.7. The summed E-state index contributed by atoms with van der Waals surface area (Å²) in [5.41, 5.74) is 0.0984. The summed E-state index contributed by atoms with van der Waals surface area (Å²) in [5, 5.41) is 0. The molecule has 2 aromatic heterocycles. The van der Waals surface area contributed by atoms with Crippen LogP contribution < -0.4 is 27.2 Å². The number of esters is 2. The minimum Gasteiger partial charge on any atom is -0.493 e. The van der Waals surface area contributed by atoms with Crippen molar-refractivity contribution in [3.05, 3.63) is 106 Å². The summed E-state index contributed by atoms with van der Waals surface area (Å²) in [6.45, 7) is 16.0. The molecule has 22 heteroatoms.